The Morgan fingerprint density at radius 3 is 2.00 bits per heavy atom. The average Bonchev–Trinajstić information content (AvgIpc) is 2.68. The van der Waals surface area contributed by atoms with Gasteiger partial charge in [0.25, 0.3) is 0 Å². The Morgan fingerprint density at radius 1 is 0.867 bits per heavy atom. The monoisotopic (exact) mass is 202 g/mol. The first kappa shape index (κ1) is 12.0. The third kappa shape index (κ3) is 3.23. The highest BCUT2D eigenvalue weighted by Crippen LogP contribution is 2.30. The third-order valence-corrected chi connectivity index (χ3v) is 2.74. The van der Waals surface area contributed by atoms with Gasteiger partial charge in [-0.3, -0.25) is 0 Å². The maximum absolute atomic E-state index is 2.34. The van der Waals surface area contributed by atoms with Crippen LogP contribution in [-0.4, -0.2) is 0 Å². The highest BCUT2D eigenvalue weighted by atomic mass is 14.2. The lowest BCUT2D eigenvalue weighted by molar-refractivity contribution is 0.943. The fraction of sp³-hybridized carbons (Fsp3) is 0.467. The SMILES string of the molecule is CC.CC1=CCCC(C2=CC(C)=CC2)=C1. The topological polar surface area (TPSA) is 0 Å². The quantitative estimate of drug-likeness (QED) is 0.564. The first-order valence-electron chi connectivity index (χ1n) is 6.01. The van der Waals surface area contributed by atoms with Crippen molar-refractivity contribution in [2.24, 2.45) is 0 Å². The molecule has 0 fully saturated rings. The van der Waals surface area contributed by atoms with Crippen LogP contribution in [-0.2, 0) is 0 Å². The average molecular weight is 202 g/mol. The summed E-state index contributed by atoms with van der Waals surface area (Å²) in [6.07, 6.45) is 12.9. The Labute approximate surface area is 94.1 Å². The van der Waals surface area contributed by atoms with E-state index in [1.165, 1.54) is 29.6 Å². The van der Waals surface area contributed by atoms with Gasteiger partial charge in [0.05, 0.1) is 0 Å². The maximum atomic E-state index is 2.34. The van der Waals surface area contributed by atoms with E-state index in [1.54, 1.807) is 5.57 Å². The lowest BCUT2D eigenvalue weighted by Gasteiger charge is -2.12. The Kier molecular flexibility index (Phi) is 4.61. The zero-order valence-electron chi connectivity index (χ0n) is 10.4. The molecule has 0 atom stereocenters. The molecule has 0 saturated carbocycles. The molecule has 0 N–H and O–H groups in total. The van der Waals surface area contributed by atoms with Gasteiger partial charge >= 0.3 is 0 Å². The van der Waals surface area contributed by atoms with Crippen molar-refractivity contribution in [1.29, 1.82) is 0 Å². The van der Waals surface area contributed by atoms with E-state index in [0.717, 1.165) is 6.42 Å². The normalized spacial score (nSPS) is 19.5. The standard InChI is InChI=1S/C13H16.C2H6/c1-10-4-3-5-12(8-10)13-7-6-11(2)9-13;1-2/h4,6,8-9H,3,5,7H2,1-2H3;1-2H3. The second-order valence-corrected chi connectivity index (χ2v) is 3.98. The summed E-state index contributed by atoms with van der Waals surface area (Å²) in [5.74, 6) is 0. The molecule has 2 rings (SSSR count). The molecule has 0 unspecified atom stereocenters. The van der Waals surface area contributed by atoms with Crippen molar-refractivity contribution in [2.75, 3.05) is 0 Å². The third-order valence-electron chi connectivity index (χ3n) is 2.74. The van der Waals surface area contributed by atoms with Crippen LogP contribution >= 0.6 is 0 Å². The molecule has 0 nitrogen and oxygen atoms in total. The maximum Gasteiger partial charge on any atom is -0.00889 e. The van der Waals surface area contributed by atoms with Crippen LogP contribution in [0.25, 0.3) is 0 Å². The highest BCUT2D eigenvalue weighted by molar-refractivity contribution is 5.46. The van der Waals surface area contributed by atoms with Gasteiger partial charge in [-0.1, -0.05) is 49.3 Å². The van der Waals surface area contributed by atoms with Gasteiger partial charge in [-0.2, -0.15) is 0 Å². The van der Waals surface area contributed by atoms with Gasteiger partial charge in [0.2, 0.25) is 0 Å². The Morgan fingerprint density at radius 2 is 1.47 bits per heavy atom. The minimum atomic E-state index is 1.14. The minimum Gasteiger partial charge on any atom is -0.0813 e. The van der Waals surface area contributed by atoms with Gasteiger partial charge in [0, 0.05) is 0 Å². The van der Waals surface area contributed by atoms with Gasteiger partial charge < -0.3 is 0 Å². The molecule has 0 aromatic rings. The van der Waals surface area contributed by atoms with Crippen LogP contribution in [0.15, 0.2) is 46.6 Å². The smallest absolute Gasteiger partial charge is 0.00889 e. The summed E-state index contributed by atoms with van der Waals surface area (Å²) in [5.41, 5.74) is 5.92. The first-order valence-corrected chi connectivity index (χ1v) is 6.01. The summed E-state index contributed by atoms with van der Waals surface area (Å²) in [6, 6.07) is 0. The van der Waals surface area contributed by atoms with E-state index in [0.29, 0.717) is 0 Å². The summed E-state index contributed by atoms with van der Waals surface area (Å²) < 4.78 is 0. The number of allylic oxidation sites excluding steroid dienone is 8. The van der Waals surface area contributed by atoms with Crippen LogP contribution in [0.1, 0.15) is 47.0 Å². The number of hydrogen-bond donors (Lipinski definition) is 0. The molecule has 0 aliphatic heterocycles. The molecule has 2 aliphatic rings. The van der Waals surface area contributed by atoms with E-state index in [4.69, 9.17) is 0 Å². The predicted octanol–water partition coefficient (Wildman–Crippen LogP) is 4.96. The lowest BCUT2D eigenvalue weighted by Crippen LogP contribution is -1.92. The summed E-state index contributed by atoms with van der Waals surface area (Å²) in [4.78, 5) is 0. The highest BCUT2D eigenvalue weighted by Gasteiger charge is 2.10. The van der Waals surface area contributed by atoms with Crippen LogP contribution in [0.5, 0.6) is 0 Å². The van der Waals surface area contributed by atoms with Gasteiger partial charge in [0.1, 0.15) is 0 Å². The summed E-state index contributed by atoms with van der Waals surface area (Å²) >= 11 is 0. The molecule has 0 aromatic heterocycles. The van der Waals surface area contributed by atoms with Gasteiger partial charge in [-0.25, -0.2) is 0 Å². The number of hydrogen-bond acceptors (Lipinski definition) is 0. The van der Waals surface area contributed by atoms with E-state index in [-0.39, 0.29) is 0 Å². The van der Waals surface area contributed by atoms with E-state index >= 15 is 0 Å². The second-order valence-electron chi connectivity index (χ2n) is 3.98. The van der Waals surface area contributed by atoms with Gasteiger partial charge in [0.15, 0.2) is 0 Å². The van der Waals surface area contributed by atoms with Crippen molar-refractivity contribution in [1.82, 2.24) is 0 Å². The number of rotatable bonds is 1. The van der Waals surface area contributed by atoms with E-state index in [2.05, 4.69) is 38.2 Å². The van der Waals surface area contributed by atoms with E-state index < -0.39 is 0 Å². The zero-order valence-corrected chi connectivity index (χ0v) is 10.4. The van der Waals surface area contributed by atoms with Crippen LogP contribution in [0, 0.1) is 0 Å². The largest absolute Gasteiger partial charge is 0.0813 e. The summed E-state index contributed by atoms with van der Waals surface area (Å²) in [5, 5.41) is 0. The molecular weight excluding hydrogens is 180 g/mol. The molecule has 2 aliphatic carbocycles. The Bertz CT molecular complexity index is 335. The van der Waals surface area contributed by atoms with Crippen LogP contribution in [0.3, 0.4) is 0 Å². The molecule has 15 heavy (non-hydrogen) atoms. The molecule has 0 radical (unpaired) electrons. The van der Waals surface area contributed by atoms with Crippen LogP contribution in [0.4, 0.5) is 0 Å². The Balaban J connectivity index is 0.000000531. The van der Waals surface area contributed by atoms with Crippen LogP contribution in [0.2, 0.25) is 0 Å². The van der Waals surface area contributed by atoms with Gasteiger partial charge in [-0.05, 0) is 44.3 Å². The molecule has 0 spiro atoms. The minimum absolute atomic E-state index is 1.14. The second kappa shape index (κ2) is 5.75. The molecule has 0 saturated heterocycles. The molecule has 0 bridgehead atoms. The molecule has 0 heteroatoms. The molecule has 0 heterocycles. The van der Waals surface area contributed by atoms with Crippen molar-refractivity contribution in [2.45, 2.75) is 47.0 Å². The van der Waals surface area contributed by atoms with Crippen LogP contribution < -0.4 is 0 Å². The first-order chi connectivity index (χ1) is 7.25. The van der Waals surface area contributed by atoms with Crippen molar-refractivity contribution >= 4 is 0 Å². The summed E-state index contributed by atoms with van der Waals surface area (Å²) in [7, 11) is 0. The predicted molar refractivity (Wildman–Crippen MR) is 68.9 cm³/mol. The van der Waals surface area contributed by atoms with E-state index in [9.17, 15) is 0 Å². The van der Waals surface area contributed by atoms with Crippen molar-refractivity contribution in [3.63, 3.8) is 0 Å². The van der Waals surface area contributed by atoms with E-state index in [1.807, 2.05) is 13.8 Å². The molecule has 82 valence electrons. The van der Waals surface area contributed by atoms with Crippen molar-refractivity contribution < 1.29 is 0 Å². The Hall–Kier alpha value is -1.04. The van der Waals surface area contributed by atoms with Gasteiger partial charge in [-0.15, -0.1) is 0 Å². The van der Waals surface area contributed by atoms with Crippen molar-refractivity contribution in [3.05, 3.63) is 46.6 Å². The molecule has 0 aromatic carbocycles. The fourth-order valence-electron chi connectivity index (χ4n) is 2.00. The lowest BCUT2D eigenvalue weighted by atomic mass is 9.93. The molecule has 0 amide bonds. The molecular formula is C15H22. The zero-order chi connectivity index (χ0) is 11.3. The fourth-order valence-corrected chi connectivity index (χ4v) is 2.00. The van der Waals surface area contributed by atoms with Crippen molar-refractivity contribution in [3.8, 4) is 0 Å². The summed E-state index contributed by atoms with van der Waals surface area (Å²) in [6.45, 7) is 8.37.